The number of allylic oxidation sites excluding steroid dienone is 4. The summed E-state index contributed by atoms with van der Waals surface area (Å²) in [6.07, 6.45) is 12.7. The van der Waals surface area contributed by atoms with Crippen LogP contribution in [0, 0.1) is 5.92 Å². The summed E-state index contributed by atoms with van der Waals surface area (Å²) in [7, 11) is 0. The molecule has 0 aromatic heterocycles. The van der Waals surface area contributed by atoms with E-state index in [0.717, 1.165) is 24.8 Å². The van der Waals surface area contributed by atoms with E-state index < -0.39 is 5.97 Å². The molecule has 0 aliphatic heterocycles. The van der Waals surface area contributed by atoms with Crippen molar-refractivity contribution < 1.29 is 14.7 Å². The molecule has 1 aromatic carbocycles. The summed E-state index contributed by atoms with van der Waals surface area (Å²) in [5, 5.41) is 8.68. The van der Waals surface area contributed by atoms with Crippen LogP contribution in [-0.4, -0.2) is 29.3 Å². The highest BCUT2D eigenvalue weighted by Crippen LogP contribution is 2.35. The van der Waals surface area contributed by atoms with Gasteiger partial charge in [0.15, 0.2) is 5.78 Å². The number of carboxylic acid groups (broad SMARTS) is 1. The number of nitrogens with zero attached hydrogens (tertiary/aromatic N) is 2. The number of rotatable bonds is 12. The van der Waals surface area contributed by atoms with Crippen molar-refractivity contribution in [2.24, 2.45) is 15.9 Å². The average molecular weight is 378 g/mol. The Labute approximate surface area is 165 Å². The first kappa shape index (κ1) is 21.2. The number of carbonyl (C=O) groups excluding carboxylic acids is 1. The third-order valence-electron chi connectivity index (χ3n) is 4.31. The molecule has 0 saturated heterocycles. The van der Waals surface area contributed by atoms with E-state index in [1.807, 2.05) is 0 Å². The number of ketones is 1. The molecular formula is C23H26N2O3. The van der Waals surface area contributed by atoms with Gasteiger partial charge in [-0.25, -0.2) is 0 Å². The molecule has 1 aromatic rings. The van der Waals surface area contributed by atoms with Crippen molar-refractivity contribution in [3.8, 4) is 0 Å². The molecule has 5 nitrogen and oxygen atoms in total. The lowest BCUT2D eigenvalue weighted by Crippen LogP contribution is -2.00. The lowest BCUT2D eigenvalue weighted by molar-refractivity contribution is -0.137. The first-order valence-electron chi connectivity index (χ1n) is 9.47. The van der Waals surface area contributed by atoms with Crippen LogP contribution in [0.25, 0.3) is 0 Å². The van der Waals surface area contributed by atoms with Gasteiger partial charge in [0.25, 0.3) is 0 Å². The van der Waals surface area contributed by atoms with E-state index in [-0.39, 0.29) is 18.1 Å². The summed E-state index contributed by atoms with van der Waals surface area (Å²) in [5.41, 5.74) is 2.76. The molecule has 0 radical (unpaired) electrons. The second-order valence-electron chi connectivity index (χ2n) is 6.66. The second-order valence-corrected chi connectivity index (χ2v) is 6.66. The van der Waals surface area contributed by atoms with Gasteiger partial charge in [0.2, 0.25) is 0 Å². The van der Waals surface area contributed by atoms with Crippen molar-refractivity contribution in [1.82, 2.24) is 0 Å². The molecule has 1 saturated carbocycles. The Morgan fingerprint density at radius 1 is 1.14 bits per heavy atom. The highest BCUT2D eigenvalue weighted by Gasteiger charge is 2.30. The third kappa shape index (κ3) is 6.91. The van der Waals surface area contributed by atoms with Crippen molar-refractivity contribution in [2.45, 2.75) is 38.5 Å². The lowest BCUT2D eigenvalue weighted by Gasteiger charge is -2.05. The van der Waals surface area contributed by atoms with Gasteiger partial charge < -0.3 is 5.11 Å². The Hall–Kier alpha value is -3.08. The van der Waals surface area contributed by atoms with Crippen LogP contribution >= 0.6 is 0 Å². The number of carbonyl (C=O) groups is 2. The Morgan fingerprint density at radius 2 is 1.93 bits per heavy atom. The predicted molar refractivity (Wildman–Crippen MR) is 114 cm³/mol. The fourth-order valence-electron chi connectivity index (χ4n) is 2.59. The molecule has 2 rings (SSSR count). The van der Waals surface area contributed by atoms with Crippen LogP contribution in [0.4, 0.5) is 11.4 Å². The molecule has 28 heavy (non-hydrogen) atoms. The van der Waals surface area contributed by atoms with Gasteiger partial charge in [-0.1, -0.05) is 31.4 Å². The van der Waals surface area contributed by atoms with Crippen LogP contribution in [0.3, 0.4) is 0 Å². The summed E-state index contributed by atoms with van der Waals surface area (Å²) < 4.78 is 0. The molecule has 5 heteroatoms. The summed E-state index contributed by atoms with van der Waals surface area (Å²) in [6, 6.07) is 5.38. The molecule has 0 atom stereocenters. The molecule has 0 unspecified atom stereocenters. The summed E-state index contributed by atoms with van der Waals surface area (Å²) in [4.78, 5) is 31.9. The Bertz CT molecular complexity index is 830. The number of unbranched alkanes of at least 4 members (excludes halogenated alkanes) is 2. The van der Waals surface area contributed by atoms with Crippen molar-refractivity contribution in [3.63, 3.8) is 0 Å². The predicted octanol–water partition coefficient (Wildman–Crippen LogP) is 5.63. The quantitative estimate of drug-likeness (QED) is 0.222. The van der Waals surface area contributed by atoms with Crippen LogP contribution in [0.1, 0.15) is 48.9 Å². The van der Waals surface area contributed by atoms with Gasteiger partial charge in [-0.15, -0.1) is 0 Å². The number of aliphatic imine (C=N–C) groups is 2. The van der Waals surface area contributed by atoms with Gasteiger partial charge in [0.1, 0.15) is 0 Å². The fourth-order valence-corrected chi connectivity index (χ4v) is 2.59. The summed E-state index contributed by atoms with van der Waals surface area (Å²) in [6.45, 7) is 7.41. The van der Waals surface area contributed by atoms with Crippen molar-refractivity contribution in [3.05, 3.63) is 60.7 Å². The molecule has 0 bridgehead atoms. The second kappa shape index (κ2) is 10.9. The zero-order valence-corrected chi connectivity index (χ0v) is 16.0. The normalized spacial score (nSPS) is 14.5. The molecule has 1 N–H and O–H groups in total. The number of hydrogen-bond donors (Lipinski definition) is 1. The molecule has 0 spiro atoms. The van der Waals surface area contributed by atoms with Crippen molar-refractivity contribution >= 4 is 35.6 Å². The van der Waals surface area contributed by atoms with Crippen LogP contribution in [-0.2, 0) is 4.79 Å². The highest BCUT2D eigenvalue weighted by atomic mass is 16.4. The minimum atomic E-state index is -0.787. The maximum Gasteiger partial charge on any atom is 0.303 e. The highest BCUT2D eigenvalue weighted by molar-refractivity contribution is 6.01. The summed E-state index contributed by atoms with van der Waals surface area (Å²) in [5.74, 6) is -0.484. The molecule has 1 aliphatic carbocycles. The van der Waals surface area contributed by atoms with Gasteiger partial charge in [0.05, 0.1) is 11.4 Å². The van der Waals surface area contributed by atoms with Gasteiger partial charge in [-0.2, -0.15) is 0 Å². The molecular weight excluding hydrogens is 352 g/mol. The topological polar surface area (TPSA) is 79.1 Å². The van der Waals surface area contributed by atoms with E-state index >= 15 is 0 Å². The Balaban J connectivity index is 2.17. The molecule has 1 fully saturated rings. The van der Waals surface area contributed by atoms with Crippen LogP contribution < -0.4 is 0 Å². The lowest BCUT2D eigenvalue weighted by atomic mass is 10.1. The van der Waals surface area contributed by atoms with Crippen molar-refractivity contribution in [2.75, 3.05) is 0 Å². The minimum Gasteiger partial charge on any atom is -0.481 e. The molecule has 0 amide bonds. The molecule has 1 aliphatic rings. The SMILES string of the molecule is C=C/C=C(C=C)/C=N/c1ccc(C(=O)C2CC2)cc1/N=C/CCCCC(=O)O. The Kier molecular flexibility index (Phi) is 8.28. The largest absolute Gasteiger partial charge is 0.481 e. The summed E-state index contributed by atoms with van der Waals surface area (Å²) >= 11 is 0. The Morgan fingerprint density at radius 3 is 2.57 bits per heavy atom. The average Bonchev–Trinajstić information content (AvgIpc) is 3.52. The van der Waals surface area contributed by atoms with Gasteiger partial charge in [-0.05, 0) is 55.9 Å². The number of hydrogen-bond acceptors (Lipinski definition) is 4. The standard InChI is InChI=1S/C23H26N2O3/c1-3-8-17(4-2)16-25-20-13-12-19(23(28)18-10-11-18)15-21(20)24-14-7-5-6-9-22(26)27/h3-4,8,12-16,18H,1-2,5-7,9-11H2,(H,26,27)/b17-8+,24-14+,25-16+. The van der Waals surface area contributed by atoms with E-state index in [1.54, 1.807) is 48.9 Å². The number of benzene rings is 1. The van der Waals surface area contributed by atoms with Gasteiger partial charge in [0, 0.05) is 30.3 Å². The zero-order valence-electron chi connectivity index (χ0n) is 16.0. The van der Waals surface area contributed by atoms with E-state index in [4.69, 9.17) is 5.11 Å². The van der Waals surface area contributed by atoms with E-state index in [1.165, 1.54) is 0 Å². The van der Waals surface area contributed by atoms with Crippen LogP contribution in [0.2, 0.25) is 0 Å². The first-order chi connectivity index (χ1) is 13.5. The molecule has 0 heterocycles. The number of Topliss-reactive ketones (excluding diaryl/α,β-unsaturated/α-hetero) is 1. The first-order valence-corrected chi connectivity index (χ1v) is 9.47. The number of aliphatic carboxylic acids is 1. The van der Waals surface area contributed by atoms with E-state index in [0.29, 0.717) is 29.8 Å². The van der Waals surface area contributed by atoms with Gasteiger partial charge >= 0.3 is 5.97 Å². The van der Waals surface area contributed by atoms with Gasteiger partial charge in [-0.3, -0.25) is 19.6 Å². The molecule has 146 valence electrons. The van der Waals surface area contributed by atoms with E-state index in [9.17, 15) is 9.59 Å². The maximum absolute atomic E-state index is 12.4. The van der Waals surface area contributed by atoms with Crippen LogP contribution in [0.15, 0.2) is 65.1 Å². The maximum atomic E-state index is 12.4. The number of carboxylic acids is 1. The van der Waals surface area contributed by atoms with Crippen LogP contribution in [0.5, 0.6) is 0 Å². The van der Waals surface area contributed by atoms with E-state index in [2.05, 4.69) is 23.1 Å². The zero-order chi connectivity index (χ0) is 20.4. The minimum absolute atomic E-state index is 0.144. The monoisotopic (exact) mass is 378 g/mol. The smallest absolute Gasteiger partial charge is 0.303 e. The third-order valence-corrected chi connectivity index (χ3v) is 4.31. The van der Waals surface area contributed by atoms with Crippen molar-refractivity contribution in [1.29, 1.82) is 0 Å². The fraction of sp³-hybridized carbons (Fsp3) is 0.304.